The highest BCUT2D eigenvalue weighted by molar-refractivity contribution is 5.72. The Labute approximate surface area is 166 Å². The van der Waals surface area contributed by atoms with E-state index in [-0.39, 0.29) is 0 Å². The van der Waals surface area contributed by atoms with Crippen LogP contribution in [-0.4, -0.2) is 32.5 Å². The second-order valence-corrected chi connectivity index (χ2v) is 7.95. The highest BCUT2D eigenvalue weighted by atomic mass is 15.5. The molecule has 0 aliphatic carbocycles. The molecule has 0 spiro atoms. The maximum absolute atomic E-state index is 4.72. The Hall–Kier alpha value is -1.42. The SMILES string of the molecule is CCCCCC(CC)N(CC(CC)CCCC)Cn1nc2ccccc2n1. The Morgan fingerprint density at radius 1 is 0.852 bits per heavy atom. The van der Waals surface area contributed by atoms with Crippen LogP contribution in [0.4, 0.5) is 0 Å². The number of nitrogens with zero attached hydrogens (tertiary/aromatic N) is 4. The third kappa shape index (κ3) is 6.91. The van der Waals surface area contributed by atoms with Crippen molar-refractivity contribution < 1.29 is 0 Å². The highest BCUT2D eigenvalue weighted by Gasteiger charge is 2.21. The van der Waals surface area contributed by atoms with E-state index in [1.165, 1.54) is 64.3 Å². The minimum absolute atomic E-state index is 0.626. The van der Waals surface area contributed by atoms with Crippen LogP contribution in [-0.2, 0) is 6.67 Å². The summed E-state index contributed by atoms with van der Waals surface area (Å²) >= 11 is 0. The molecule has 2 aromatic rings. The van der Waals surface area contributed by atoms with Crippen molar-refractivity contribution >= 4 is 11.0 Å². The molecule has 0 radical (unpaired) electrons. The van der Waals surface area contributed by atoms with Gasteiger partial charge in [0, 0.05) is 12.6 Å². The Morgan fingerprint density at radius 2 is 1.52 bits per heavy atom. The molecule has 1 aromatic heterocycles. The van der Waals surface area contributed by atoms with E-state index in [1.807, 2.05) is 16.9 Å². The molecule has 152 valence electrons. The summed E-state index contributed by atoms with van der Waals surface area (Å²) in [5.41, 5.74) is 1.99. The molecule has 0 saturated carbocycles. The van der Waals surface area contributed by atoms with E-state index in [0.29, 0.717) is 6.04 Å². The van der Waals surface area contributed by atoms with Gasteiger partial charge >= 0.3 is 0 Å². The Balaban J connectivity index is 2.12. The van der Waals surface area contributed by atoms with Gasteiger partial charge in [0.2, 0.25) is 0 Å². The summed E-state index contributed by atoms with van der Waals surface area (Å²) in [7, 11) is 0. The highest BCUT2D eigenvalue weighted by Crippen LogP contribution is 2.21. The summed E-state index contributed by atoms with van der Waals surface area (Å²) in [6.07, 6.45) is 11.7. The van der Waals surface area contributed by atoms with Crippen molar-refractivity contribution in [1.29, 1.82) is 0 Å². The zero-order valence-corrected chi connectivity index (χ0v) is 18.0. The lowest BCUT2D eigenvalue weighted by Crippen LogP contribution is -2.40. The number of hydrogen-bond donors (Lipinski definition) is 0. The molecule has 0 N–H and O–H groups in total. The molecule has 0 fully saturated rings. The number of benzene rings is 1. The number of rotatable bonds is 14. The first kappa shape index (κ1) is 21.9. The predicted octanol–water partition coefficient (Wildman–Crippen LogP) is 6.27. The molecule has 0 saturated heterocycles. The fourth-order valence-corrected chi connectivity index (χ4v) is 3.98. The lowest BCUT2D eigenvalue weighted by molar-refractivity contribution is 0.0964. The van der Waals surface area contributed by atoms with Crippen LogP contribution in [0.2, 0.25) is 0 Å². The number of aromatic nitrogens is 3. The largest absolute Gasteiger partial charge is 0.280 e. The van der Waals surface area contributed by atoms with Crippen molar-refractivity contribution in [2.24, 2.45) is 5.92 Å². The second kappa shape index (κ2) is 12.1. The van der Waals surface area contributed by atoms with Crippen LogP contribution in [0.5, 0.6) is 0 Å². The number of unbranched alkanes of at least 4 members (excludes halogenated alkanes) is 3. The average molecular weight is 373 g/mol. The van der Waals surface area contributed by atoms with Crippen LogP contribution in [0, 0.1) is 5.92 Å². The zero-order chi connectivity index (χ0) is 19.5. The van der Waals surface area contributed by atoms with Gasteiger partial charge in [0.1, 0.15) is 17.7 Å². The fourth-order valence-electron chi connectivity index (χ4n) is 3.98. The lowest BCUT2D eigenvalue weighted by Gasteiger charge is -2.33. The van der Waals surface area contributed by atoms with E-state index in [2.05, 4.69) is 44.7 Å². The zero-order valence-electron chi connectivity index (χ0n) is 18.0. The smallest absolute Gasteiger partial charge is 0.113 e. The Bertz CT molecular complexity index is 603. The third-order valence-corrected chi connectivity index (χ3v) is 5.80. The molecule has 4 nitrogen and oxygen atoms in total. The van der Waals surface area contributed by atoms with Crippen LogP contribution in [0.1, 0.15) is 85.5 Å². The lowest BCUT2D eigenvalue weighted by atomic mass is 9.97. The van der Waals surface area contributed by atoms with Gasteiger partial charge in [0.15, 0.2) is 0 Å². The van der Waals surface area contributed by atoms with Crippen molar-refractivity contribution in [2.45, 2.75) is 98.2 Å². The predicted molar refractivity (Wildman–Crippen MR) is 116 cm³/mol. The van der Waals surface area contributed by atoms with E-state index >= 15 is 0 Å². The van der Waals surface area contributed by atoms with Crippen LogP contribution in [0.25, 0.3) is 11.0 Å². The van der Waals surface area contributed by atoms with Crippen LogP contribution in [0.3, 0.4) is 0 Å². The molecule has 1 heterocycles. The van der Waals surface area contributed by atoms with Gasteiger partial charge in [-0.05, 0) is 37.3 Å². The summed E-state index contributed by atoms with van der Waals surface area (Å²) in [6.45, 7) is 11.2. The average Bonchev–Trinajstić information content (AvgIpc) is 3.10. The quantitative estimate of drug-likeness (QED) is 0.367. The second-order valence-electron chi connectivity index (χ2n) is 7.95. The summed E-state index contributed by atoms with van der Waals surface area (Å²) in [5.74, 6) is 0.773. The number of hydrogen-bond acceptors (Lipinski definition) is 3. The minimum atomic E-state index is 0.626. The summed E-state index contributed by atoms with van der Waals surface area (Å²) in [4.78, 5) is 4.58. The molecule has 1 aromatic carbocycles. The van der Waals surface area contributed by atoms with E-state index < -0.39 is 0 Å². The number of fused-ring (bicyclic) bond motifs is 1. The van der Waals surface area contributed by atoms with Gasteiger partial charge in [-0.1, -0.05) is 78.4 Å². The van der Waals surface area contributed by atoms with Gasteiger partial charge in [0.25, 0.3) is 0 Å². The molecule has 0 aliphatic rings. The van der Waals surface area contributed by atoms with Crippen LogP contribution >= 0.6 is 0 Å². The van der Waals surface area contributed by atoms with Crippen molar-refractivity contribution in [3.8, 4) is 0 Å². The van der Waals surface area contributed by atoms with Gasteiger partial charge in [-0.25, -0.2) is 0 Å². The summed E-state index contributed by atoms with van der Waals surface area (Å²) < 4.78 is 0. The van der Waals surface area contributed by atoms with Crippen molar-refractivity contribution in [2.75, 3.05) is 6.54 Å². The maximum Gasteiger partial charge on any atom is 0.113 e. The van der Waals surface area contributed by atoms with Gasteiger partial charge in [-0.2, -0.15) is 15.0 Å². The Morgan fingerprint density at radius 3 is 2.07 bits per heavy atom. The first-order valence-corrected chi connectivity index (χ1v) is 11.3. The monoisotopic (exact) mass is 372 g/mol. The standard InChI is InChI=1S/C23H40N4/c1-5-9-11-15-21(8-4)26(18-20(7-3)14-10-6-2)19-27-24-22-16-12-13-17-23(22)25-27/h12-13,16-17,20-21H,5-11,14-15,18-19H2,1-4H3. The molecule has 2 unspecified atom stereocenters. The molecule has 2 atom stereocenters. The van der Waals surface area contributed by atoms with Crippen molar-refractivity contribution in [1.82, 2.24) is 19.9 Å². The molecule has 0 bridgehead atoms. The van der Waals surface area contributed by atoms with Gasteiger partial charge < -0.3 is 0 Å². The van der Waals surface area contributed by atoms with E-state index in [9.17, 15) is 0 Å². The molecule has 2 rings (SSSR count). The fraction of sp³-hybridized carbons (Fsp3) is 0.739. The topological polar surface area (TPSA) is 34.0 Å². The van der Waals surface area contributed by atoms with E-state index in [0.717, 1.165) is 23.6 Å². The molecule has 0 aliphatic heterocycles. The summed E-state index contributed by atoms with van der Waals surface area (Å²) in [5, 5.41) is 9.45. The van der Waals surface area contributed by atoms with Gasteiger partial charge in [-0.15, -0.1) is 0 Å². The Kier molecular flexibility index (Phi) is 9.82. The van der Waals surface area contributed by atoms with Crippen molar-refractivity contribution in [3.63, 3.8) is 0 Å². The maximum atomic E-state index is 4.72. The van der Waals surface area contributed by atoms with E-state index in [4.69, 9.17) is 10.2 Å². The third-order valence-electron chi connectivity index (χ3n) is 5.80. The normalized spacial score (nSPS) is 14.1. The summed E-state index contributed by atoms with van der Waals surface area (Å²) in [6, 6.07) is 8.81. The first-order chi connectivity index (χ1) is 13.2. The van der Waals surface area contributed by atoms with Gasteiger partial charge in [0.05, 0.1) is 0 Å². The van der Waals surface area contributed by atoms with Crippen LogP contribution in [0.15, 0.2) is 24.3 Å². The first-order valence-electron chi connectivity index (χ1n) is 11.3. The van der Waals surface area contributed by atoms with Crippen LogP contribution < -0.4 is 0 Å². The van der Waals surface area contributed by atoms with Gasteiger partial charge in [-0.3, -0.25) is 4.90 Å². The molecule has 0 amide bonds. The molecule has 27 heavy (non-hydrogen) atoms. The van der Waals surface area contributed by atoms with E-state index in [1.54, 1.807) is 0 Å². The minimum Gasteiger partial charge on any atom is -0.280 e. The van der Waals surface area contributed by atoms with Crippen molar-refractivity contribution in [3.05, 3.63) is 24.3 Å². The molecular weight excluding hydrogens is 332 g/mol. The molecule has 4 heteroatoms. The molecular formula is C23H40N4.